The summed E-state index contributed by atoms with van der Waals surface area (Å²) in [5.41, 5.74) is 7.72. The Labute approximate surface area is 219 Å². The number of hydrogen-bond acceptors (Lipinski definition) is 7. The van der Waals surface area contributed by atoms with E-state index in [-0.39, 0.29) is 23.5 Å². The van der Waals surface area contributed by atoms with Crippen molar-refractivity contribution in [3.8, 4) is 5.75 Å². The molecule has 1 unspecified atom stereocenters. The molecule has 1 aliphatic rings. The summed E-state index contributed by atoms with van der Waals surface area (Å²) in [6.45, 7) is 7.33. The average Bonchev–Trinajstić information content (AvgIpc) is 2.82. The van der Waals surface area contributed by atoms with Gasteiger partial charge in [-0.25, -0.2) is 4.79 Å². The maximum absolute atomic E-state index is 12.7. The fraction of sp³-hybridized carbons (Fsp3) is 0.500. The third kappa shape index (κ3) is 9.03. The van der Waals surface area contributed by atoms with E-state index in [1.165, 1.54) is 13.2 Å². The molecule has 1 aromatic carbocycles. The predicted molar refractivity (Wildman–Crippen MR) is 142 cm³/mol. The Hall–Kier alpha value is -3.14. The zero-order chi connectivity index (χ0) is 27.7. The zero-order valence-electron chi connectivity index (χ0n) is 22.4. The van der Waals surface area contributed by atoms with Crippen molar-refractivity contribution < 1.29 is 34.0 Å². The van der Waals surface area contributed by atoms with Gasteiger partial charge in [-0.3, -0.25) is 4.79 Å². The van der Waals surface area contributed by atoms with Gasteiger partial charge in [0.05, 0.1) is 12.2 Å². The molecule has 2 amide bonds. The molecule has 1 aliphatic heterocycles. The predicted octanol–water partition coefficient (Wildman–Crippen LogP) is 3.85. The second kappa shape index (κ2) is 14.0. The van der Waals surface area contributed by atoms with Gasteiger partial charge in [0.1, 0.15) is 11.9 Å². The number of allylic oxidation sites excluding steroid dienone is 2. The van der Waals surface area contributed by atoms with E-state index in [1.807, 2.05) is 26.0 Å². The molecule has 0 radical (unpaired) electrons. The van der Waals surface area contributed by atoms with Gasteiger partial charge in [-0.2, -0.15) is 0 Å². The number of anilines is 1. The second-order valence-corrected chi connectivity index (χ2v) is 9.71. The van der Waals surface area contributed by atoms with Crippen LogP contribution in [0, 0.1) is 11.8 Å². The number of amides is 2. The minimum absolute atomic E-state index is 0.0495. The van der Waals surface area contributed by atoms with Crippen LogP contribution in [0.15, 0.2) is 53.6 Å². The summed E-state index contributed by atoms with van der Waals surface area (Å²) in [4.78, 5) is 24.4. The molecule has 1 heterocycles. The average molecular weight is 517 g/mol. The highest BCUT2D eigenvalue weighted by atomic mass is 16.6. The molecule has 0 aliphatic carbocycles. The van der Waals surface area contributed by atoms with E-state index < -0.39 is 30.5 Å². The number of phenolic OH excluding ortho intramolecular Hbond substituents is 1. The van der Waals surface area contributed by atoms with E-state index in [0.29, 0.717) is 29.7 Å². The van der Waals surface area contributed by atoms with Crippen LogP contribution >= 0.6 is 0 Å². The van der Waals surface area contributed by atoms with Gasteiger partial charge in [-0.05, 0) is 55.9 Å². The van der Waals surface area contributed by atoms with Crippen LogP contribution in [0.1, 0.15) is 39.7 Å². The smallest absolute Gasteiger partial charge is 0.405 e. The number of carbonyl (C=O) groups is 2. The molecule has 2 rings (SSSR count). The second-order valence-electron chi connectivity index (χ2n) is 9.71. The number of nitrogens with one attached hydrogen (secondary N) is 1. The molecule has 0 saturated carbocycles. The fourth-order valence-electron chi connectivity index (χ4n) is 4.53. The van der Waals surface area contributed by atoms with E-state index in [2.05, 4.69) is 5.32 Å². The summed E-state index contributed by atoms with van der Waals surface area (Å²) in [5, 5.41) is 24.1. The first kappa shape index (κ1) is 30.1. The number of carbonyl (C=O) groups excluding carboxylic acids is 2. The minimum Gasteiger partial charge on any atom is -0.508 e. The van der Waals surface area contributed by atoms with E-state index in [0.717, 1.165) is 5.56 Å². The van der Waals surface area contributed by atoms with Gasteiger partial charge >= 0.3 is 6.09 Å². The molecule has 0 saturated heterocycles. The van der Waals surface area contributed by atoms with E-state index in [1.54, 1.807) is 45.3 Å². The minimum atomic E-state index is -0.959. The fourth-order valence-corrected chi connectivity index (χ4v) is 4.53. The Bertz CT molecular complexity index is 1030. The number of hydrogen-bond donors (Lipinski definition) is 4. The third-order valence-electron chi connectivity index (χ3n) is 6.47. The van der Waals surface area contributed by atoms with Crippen molar-refractivity contribution in [2.75, 3.05) is 19.5 Å². The monoisotopic (exact) mass is 516 g/mol. The Balaban J connectivity index is 2.53. The molecule has 37 heavy (non-hydrogen) atoms. The number of aliphatic hydroxyl groups is 1. The first-order chi connectivity index (χ1) is 17.4. The van der Waals surface area contributed by atoms with Gasteiger partial charge in [0, 0.05) is 37.5 Å². The number of phenols is 1. The van der Waals surface area contributed by atoms with Crippen LogP contribution < -0.4 is 11.1 Å². The van der Waals surface area contributed by atoms with Crippen molar-refractivity contribution in [1.29, 1.82) is 0 Å². The standard InChI is InChI=1S/C28H40N2O7/c1-16-10-20-13-21(15-22(31)14-20)30-27(33)17(2)8-7-9-23(35-5)26(37-28(29)34)19(4)12-18(3)25(32)24(11-16)36-6/h7-9,12-16,18,23-26,31-32H,10-11H2,1-6H3,(H2,29,34)(H,30,33)/b9-7-,17-8+,19-12+/t16-,18+,23?,24+,25-,26+/m1/s1. The number of methoxy groups -OCH3 is 2. The number of aromatic hydroxyl groups is 1. The molecule has 0 aromatic heterocycles. The Morgan fingerprint density at radius 3 is 2.46 bits per heavy atom. The topological polar surface area (TPSA) is 140 Å². The van der Waals surface area contributed by atoms with Crippen LogP contribution in [-0.4, -0.2) is 60.8 Å². The number of primary amides is 1. The van der Waals surface area contributed by atoms with Crippen molar-refractivity contribution in [2.24, 2.45) is 17.6 Å². The molecule has 1 aromatic rings. The van der Waals surface area contributed by atoms with Gasteiger partial charge < -0.3 is 35.5 Å². The summed E-state index contributed by atoms with van der Waals surface area (Å²) in [5.74, 6) is -0.526. The summed E-state index contributed by atoms with van der Waals surface area (Å²) in [6, 6.07) is 4.98. The van der Waals surface area contributed by atoms with Crippen molar-refractivity contribution in [2.45, 2.75) is 65.0 Å². The number of nitrogens with two attached hydrogens (primary N) is 1. The normalized spacial score (nSPS) is 31.8. The first-order valence-corrected chi connectivity index (χ1v) is 12.3. The Morgan fingerprint density at radius 2 is 1.84 bits per heavy atom. The maximum Gasteiger partial charge on any atom is 0.405 e. The lowest BCUT2D eigenvalue weighted by Crippen LogP contribution is -2.37. The van der Waals surface area contributed by atoms with Crippen molar-refractivity contribution in [3.63, 3.8) is 0 Å². The lowest BCUT2D eigenvalue weighted by Gasteiger charge is -2.29. The molecule has 0 fully saturated rings. The van der Waals surface area contributed by atoms with Gasteiger partial charge in [-0.15, -0.1) is 0 Å². The molecule has 6 atom stereocenters. The van der Waals surface area contributed by atoms with Crippen molar-refractivity contribution in [3.05, 3.63) is 59.2 Å². The van der Waals surface area contributed by atoms with Crippen LogP contribution in [0.2, 0.25) is 0 Å². The van der Waals surface area contributed by atoms with Crippen LogP contribution in [-0.2, 0) is 25.4 Å². The Kier molecular flexibility index (Phi) is 11.4. The van der Waals surface area contributed by atoms with Gasteiger partial charge in [0.2, 0.25) is 0 Å². The molecular weight excluding hydrogens is 476 g/mol. The highest BCUT2D eigenvalue weighted by Crippen LogP contribution is 2.27. The first-order valence-electron chi connectivity index (χ1n) is 12.3. The van der Waals surface area contributed by atoms with Crippen molar-refractivity contribution in [1.82, 2.24) is 0 Å². The SMILES string of the molecule is COC1/C=C\C=C(/C)C(=O)Nc2cc(O)cc(c2)C[C@@H](C)C[C@H](OC)[C@H](O)[C@@H](C)/C=C(\C)[C@@H]1OC(N)=O. The van der Waals surface area contributed by atoms with Crippen LogP contribution in [0.4, 0.5) is 10.5 Å². The number of aliphatic hydroxyl groups excluding tert-OH is 1. The van der Waals surface area contributed by atoms with E-state index in [4.69, 9.17) is 19.9 Å². The molecule has 5 N–H and O–H groups in total. The van der Waals surface area contributed by atoms with Gasteiger partial charge in [-0.1, -0.05) is 38.2 Å². The lowest BCUT2D eigenvalue weighted by atomic mass is 9.88. The molecule has 204 valence electrons. The molecule has 9 heteroatoms. The maximum atomic E-state index is 12.7. The summed E-state index contributed by atoms with van der Waals surface area (Å²) in [7, 11) is 3.03. The Morgan fingerprint density at radius 1 is 1.14 bits per heavy atom. The molecule has 9 nitrogen and oxygen atoms in total. The number of rotatable bonds is 3. The third-order valence-corrected chi connectivity index (χ3v) is 6.47. The quantitative estimate of drug-likeness (QED) is 0.447. The van der Waals surface area contributed by atoms with Crippen molar-refractivity contribution >= 4 is 17.7 Å². The number of ether oxygens (including phenoxy) is 3. The molecule has 2 bridgehead atoms. The summed E-state index contributed by atoms with van der Waals surface area (Å²) in [6.07, 6.45) is 4.08. The zero-order valence-corrected chi connectivity index (χ0v) is 22.4. The highest BCUT2D eigenvalue weighted by Gasteiger charge is 2.29. The van der Waals surface area contributed by atoms with E-state index >= 15 is 0 Å². The van der Waals surface area contributed by atoms with E-state index in [9.17, 15) is 19.8 Å². The number of benzene rings is 1. The molecule has 0 spiro atoms. The van der Waals surface area contributed by atoms with Crippen LogP contribution in [0.3, 0.4) is 0 Å². The highest BCUT2D eigenvalue weighted by molar-refractivity contribution is 6.03. The number of fused-ring (bicyclic) bond motifs is 2. The summed E-state index contributed by atoms with van der Waals surface area (Å²) >= 11 is 0. The van der Waals surface area contributed by atoms with Gasteiger partial charge in [0.15, 0.2) is 6.10 Å². The van der Waals surface area contributed by atoms with Gasteiger partial charge in [0.25, 0.3) is 5.91 Å². The summed E-state index contributed by atoms with van der Waals surface area (Å²) < 4.78 is 16.6. The molecular formula is C28H40N2O7. The van der Waals surface area contributed by atoms with Crippen LogP contribution in [0.25, 0.3) is 0 Å². The largest absolute Gasteiger partial charge is 0.508 e. The van der Waals surface area contributed by atoms with Crippen LogP contribution in [0.5, 0.6) is 5.75 Å². The lowest BCUT2D eigenvalue weighted by molar-refractivity contribution is -0.112.